The maximum Gasteiger partial charge on any atom is 0.194 e. The molecule has 8 heteroatoms. The largest absolute Gasteiger partial charge is 0.493 e. The summed E-state index contributed by atoms with van der Waals surface area (Å²) in [6, 6.07) is 3.26. The summed E-state index contributed by atoms with van der Waals surface area (Å²) < 4.78 is 88.2. The van der Waals surface area contributed by atoms with Gasteiger partial charge in [-0.3, -0.25) is 0 Å². The second-order valence-corrected chi connectivity index (χ2v) is 6.57. The van der Waals surface area contributed by atoms with Crippen LogP contribution in [0.1, 0.15) is 44.9 Å². The average molecular weight is 420 g/mol. The van der Waals surface area contributed by atoms with Gasteiger partial charge in [-0.05, 0) is 12.8 Å². The van der Waals surface area contributed by atoms with Crippen LogP contribution in [0, 0.1) is 34.9 Å². The van der Waals surface area contributed by atoms with Crippen LogP contribution >= 0.6 is 0 Å². The Hall–Kier alpha value is -2.38. The first kappa shape index (κ1) is 22.9. The molecule has 0 saturated heterocycles. The fourth-order valence-electron chi connectivity index (χ4n) is 2.70. The summed E-state index contributed by atoms with van der Waals surface area (Å²) in [6.07, 6.45) is 6.01. The molecule has 0 radical (unpaired) electrons. The summed E-state index contributed by atoms with van der Waals surface area (Å²) in [5.41, 5.74) is 0. The number of ether oxygens (including phenoxy) is 2. The minimum Gasteiger partial charge on any atom is -0.493 e. The SMILES string of the molecule is Fc1cc(OCCCCCCCCCOc2cc(F)c(F)c(F)c2)cc(F)c1F. The van der Waals surface area contributed by atoms with E-state index in [0.717, 1.165) is 56.4 Å². The molecule has 2 rings (SSSR count). The second-order valence-electron chi connectivity index (χ2n) is 6.57. The number of halogens is 6. The molecule has 0 spiro atoms. The highest BCUT2D eigenvalue weighted by atomic mass is 19.2. The van der Waals surface area contributed by atoms with E-state index in [2.05, 4.69) is 0 Å². The van der Waals surface area contributed by atoms with E-state index in [1.54, 1.807) is 0 Å². The molecule has 0 saturated carbocycles. The van der Waals surface area contributed by atoms with Crippen LogP contribution in [-0.2, 0) is 0 Å². The van der Waals surface area contributed by atoms with E-state index in [-0.39, 0.29) is 24.7 Å². The van der Waals surface area contributed by atoms with Crippen LogP contribution in [0.4, 0.5) is 26.3 Å². The normalized spacial score (nSPS) is 11.0. The summed E-state index contributed by atoms with van der Waals surface area (Å²) in [5.74, 6) is -8.22. The Labute approximate surface area is 165 Å². The summed E-state index contributed by atoms with van der Waals surface area (Å²) in [7, 11) is 0. The number of hydrogen-bond donors (Lipinski definition) is 0. The second kappa shape index (κ2) is 11.6. The Bertz CT molecular complexity index is 685. The van der Waals surface area contributed by atoms with Crippen LogP contribution in [0.2, 0.25) is 0 Å². The van der Waals surface area contributed by atoms with Crippen molar-refractivity contribution in [1.82, 2.24) is 0 Å². The monoisotopic (exact) mass is 420 g/mol. The minimum absolute atomic E-state index is 0.0395. The van der Waals surface area contributed by atoms with Crippen LogP contribution in [0.3, 0.4) is 0 Å². The summed E-state index contributed by atoms with van der Waals surface area (Å²) in [5, 5.41) is 0. The zero-order valence-electron chi connectivity index (χ0n) is 15.8. The van der Waals surface area contributed by atoms with Gasteiger partial charge in [0.25, 0.3) is 0 Å². The van der Waals surface area contributed by atoms with Gasteiger partial charge in [0.15, 0.2) is 34.9 Å². The van der Waals surface area contributed by atoms with Gasteiger partial charge in [0.2, 0.25) is 0 Å². The average Bonchev–Trinajstić information content (AvgIpc) is 2.68. The standard InChI is InChI=1S/C21H22F6O2/c22-16-10-14(11-17(23)20(16)26)28-8-6-4-2-1-3-5-7-9-29-15-12-18(24)21(27)19(25)13-15/h10-13H,1-9H2. The molecular weight excluding hydrogens is 398 g/mol. The highest BCUT2D eigenvalue weighted by Crippen LogP contribution is 2.21. The van der Waals surface area contributed by atoms with Crippen LogP contribution in [0.25, 0.3) is 0 Å². The fourth-order valence-corrected chi connectivity index (χ4v) is 2.70. The molecular formula is C21H22F6O2. The minimum atomic E-state index is -1.51. The molecule has 0 N–H and O–H groups in total. The summed E-state index contributed by atoms with van der Waals surface area (Å²) in [6.45, 7) is 0.562. The first-order chi connectivity index (χ1) is 13.9. The topological polar surface area (TPSA) is 18.5 Å². The van der Waals surface area contributed by atoms with Gasteiger partial charge in [0.05, 0.1) is 13.2 Å². The Morgan fingerprint density at radius 2 is 0.724 bits per heavy atom. The van der Waals surface area contributed by atoms with Gasteiger partial charge in [-0.2, -0.15) is 0 Å². The fraction of sp³-hybridized carbons (Fsp3) is 0.429. The Morgan fingerprint density at radius 3 is 1.03 bits per heavy atom. The lowest BCUT2D eigenvalue weighted by Crippen LogP contribution is -2.00. The van der Waals surface area contributed by atoms with Crippen molar-refractivity contribution in [2.45, 2.75) is 44.9 Å². The predicted octanol–water partition coefficient (Wildman–Crippen LogP) is 6.71. The molecule has 2 nitrogen and oxygen atoms in total. The van der Waals surface area contributed by atoms with Crippen molar-refractivity contribution in [2.24, 2.45) is 0 Å². The third kappa shape index (κ3) is 7.51. The number of benzene rings is 2. The smallest absolute Gasteiger partial charge is 0.194 e. The lowest BCUT2D eigenvalue weighted by Gasteiger charge is -2.08. The first-order valence-corrected chi connectivity index (χ1v) is 9.43. The molecule has 0 bridgehead atoms. The molecule has 0 aliphatic heterocycles. The van der Waals surface area contributed by atoms with E-state index in [9.17, 15) is 26.3 Å². The predicted molar refractivity (Wildman–Crippen MR) is 95.9 cm³/mol. The molecule has 0 aromatic heterocycles. The van der Waals surface area contributed by atoms with Crippen LogP contribution in [-0.4, -0.2) is 13.2 Å². The van der Waals surface area contributed by atoms with Crippen molar-refractivity contribution in [3.05, 3.63) is 59.2 Å². The van der Waals surface area contributed by atoms with Crippen LogP contribution in [0.15, 0.2) is 24.3 Å². The van der Waals surface area contributed by atoms with Gasteiger partial charge in [-0.1, -0.05) is 32.1 Å². The quantitative estimate of drug-likeness (QED) is 0.216. The van der Waals surface area contributed by atoms with E-state index in [0.29, 0.717) is 12.8 Å². The lowest BCUT2D eigenvalue weighted by molar-refractivity contribution is 0.294. The molecule has 0 atom stereocenters. The van der Waals surface area contributed by atoms with Crippen molar-refractivity contribution in [3.8, 4) is 11.5 Å². The highest BCUT2D eigenvalue weighted by molar-refractivity contribution is 5.25. The molecule has 160 valence electrons. The van der Waals surface area contributed by atoms with Gasteiger partial charge in [0.1, 0.15) is 11.5 Å². The molecule has 0 amide bonds. The van der Waals surface area contributed by atoms with Gasteiger partial charge in [0, 0.05) is 24.3 Å². The molecule has 0 heterocycles. The highest BCUT2D eigenvalue weighted by Gasteiger charge is 2.12. The van der Waals surface area contributed by atoms with Gasteiger partial charge in [-0.15, -0.1) is 0 Å². The zero-order chi connectivity index (χ0) is 21.2. The molecule has 2 aromatic carbocycles. The maximum atomic E-state index is 13.0. The van der Waals surface area contributed by atoms with Crippen molar-refractivity contribution in [1.29, 1.82) is 0 Å². The molecule has 0 aliphatic carbocycles. The third-order valence-electron chi connectivity index (χ3n) is 4.24. The third-order valence-corrected chi connectivity index (χ3v) is 4.24. The van der Waals surface area contributed by atoms with Gasteiger partial charge < -0.3 is 9.47 Å². The van der Waals surface area contributed by atoms with E-state index in [1.807, 2.05) is 0 Å². The van der Waals surface area contributed by atoms with E-state index in [4.69, 9.17) is 9.47 Å². The molecule has 0 fully saturated rings. The van der Waals surface area contributed by atoms with E-state index >= 15 is 0 Å². The van der Waals surface area contributed by atoms with Crippen molar-refractivity contribution in [3.63, 3.8) is 0 Å². The van der Waals surface area contributed by atoms with E-state index < -0.39 is 34.9 Å². The van der Waals surface area contributed by atoms with Crippen molar-refractivity contribution in [2.75, 3.05) is 13.2 Å². The molecule has 0 aliphatic rings. The maximum absolute atomic E-state index is 13.0. The molecule has 0 unspecified atom stereocenters. The molecule has 29 heavy (non-hydrogen) atoms. The first-order valence-electron chi connectivity index (χ1n) is 9.43. The summed E-state index contributed by atoms with van der Waals surface area (Å²) in [4.78, 5) is 0. The van der Waals surface area contributed by atoms with Gasteiger partial charge in [-0.25, -0.2) is 26.3 Å². The Balaban J connectivity index is 1.47. The number of hydrogen-bond acceptors (Lipinski definition) is 2. The zero-order valence-corrected chi connectivity index (χ0v) is 15.8. The van der Waals surface area contributed by atoms with Crippen molar-refractivity contribution >= 4 is 0 Å². The number of unbranched alkanes of at least 4 members (excludes halogenated alkanes) is 6. The molecule has 2 aromatic rings. The Kier molecular flexibility index (Phi) is 9.15. The number of rotatable bonds is 12. The van der Waals surface area contributed by atoms with E-state index in [1.165, 1.54) is 0 Å². The lowest BCUT2D eigenvalue weighted by atomic mass is 10.1. The van der Waals surface area contributed by atoms with Crippen LogP contribution in [0.5, 0.6) is 11.5 Å². The summed E-state index contributed by atoms with van der Waals surface area (Å²) >= 11 is 0. The van der Waals surface area contributed by atoms with Crippen LogP contribution < -0.4 is 9.47 Å². The van der Waals surface area contributed by atoms with Crippen molar-refractivity contribution < 1.29 is 35.8 Å². The Morgan fingerprint density at radius 1 is 0.448 bits per heavy atom. The van der Waals surface area contributed by atoms with Gasteiger partial charge >= 0.3 is 0 Å².